The van der Waals surface area contributed by atoms with Crippen molar-refractivity contribution in [2.45, 2.75) is 322 Å². The predicted molar refractivity (Wildman–Crippen MR) is 353 cm³/mol. The number of ether oxygens (including phenoxy) is 3. The maximum Gasteiger partial charge on any atom is 0.306 e. The molecule has 462 valence electrons. The van der Waals surface area contributed by atoms with Gasteiger partial charge in [0.05, 0.1) is 0 Å². The van der Waals surface area contributed by atoms with Gasteiger partial charge in [-0.1, -0.05) is 290 Å². The number of hydrogen-bond donors (Lipinski definition) is 0. The summed E-state index contributed by atoms with van der Waals surface area (Å²) >= 11 is 0. The van der Waals surface area contributed by atoms with Crippen LogP contribution in [0.5, 0.6) is 0 Å². The summed E-state index contributed by atoms with van der Waals surface area (Å²) in [5.41, 5.74) is 0. The fourth-order valence-corrected chi connectivity index (χ4v) is 9.40. The van der Waals surface area contributed by atoms with E-state index in [2.05, 4.69) is 142 Å². The average Bonchev–Trinajstić information content (AvgIpc) is 3.47. The quantitative estimate of drug-likeness (QED) is 0.0261. The van der Waals surface area contributed by atoms with Crippen molar-refractivity contribution in [2.24, 2.45) is 0 Å². The van der Waals surface area contributed by atoms with Crippen LogP contribution in [0.1, 0.15) is 316 Å². The molecule has 0 aliphatic carbocycles. The lowest BCUT2D eigenvalue weighted by Gasteiger charge is -2.18. The van der Waals surface area contributed by atoms with Crippen LogP contribution in [-0.2, 0) is 28.6 Å². The lowest BCUT2D eigenvalue weighted by molar-refractivity contribution is -0.167. The van der Waals surface area contributed by atoms with Crippen LogP contribution in [0.4, 0.5) is 0 Å². The topological polar surface area (TPSA) is 78.9 Å². The zero-order valence-electron chi connectivity index (χ0n) is 53.0. The van der Waals surface area contributed by atoms with Gasteiger partial charge < -0.3 is 14.2 Å². The van der Waals surface area contributed by atoms with Crippen molar-refractivity contribution in [3.8, 4) is 0 Å². The highest BCUT2D eigenvalue weighted by Crippen LogP contribution is 2.16. The number of unbranched alkanes of at least 4 members (excludes halogenated alkanes) is 30. The zero-order chi connectivity index (χ0) is 58.5. The van der Waals surface area contributed by atoms with Gasteiger partial charge in [0.1, 0.15) is 13.2 Å². The predicted octanol–water partition coefficient (Wildman–Crippen LogP) is 23.6. The van der Waals surface area contributed by atoms with Gasteiger partial charge in [0.25, 0.3) is 0 Å². The maximum absolute atomic E-state index is 12.9. The van der Waals surface area contributed by atoms with Gasteiger partial charge in [0.15, 0.2) is 6.10 Å². The molecule has 6 nitrogen and oxygen atoms in total. The summed E-state index contributed by atoms with van der Waals surface area (Å²) < 4.78 is 16.9. The Balaban J connectivity index is 4.29. The van der Waals surface area contributed by atoms with Crippen LogP contribution in [0.15, 0.2) is 122 Å². The number of carbonyl (C=O) groups excluding carboxylic acids is 3. The molecule has 0 amide bonds. The molecule has 0 aliphatic heterocycles. The van der Waals surface area contributed by atoms with Gasteiger partial charge in [0, 0.05) is 19.3 Å². The van der Waals surface area contributed by atoms with E-state index in [0.717, 1.165) is 135 Å². The van der Waals surface area contributed by atoms with E-state index in [9.17, 15) is 14.4 Å². The molecule has 0 heterocycles. The first-order valence-corrected chi connectivity index (χ1v) is 34.0. The van der Waals surface area contributed by atoms with Crippen molar-refractivity contribution in [1.82, 2.24) is 0 Å². The van der Waals surface area contributed by atoms with Gasteiger partial charge in [-0.2, -0.15) is 0 Å². The van der Waals surface area contributed by atoms with E-state index in [-0.39, 0.29) is 31.1 Å². The first-order chi connectivity index (χ1) is 40.0. The molecular formula is C75H126O6. The van der Waals surface area contributed by atoms with Crippen LogP contribution >= 0.6 is 0 Å². The van der Waals surface area contributed by atoms with Gasteiger partial charge in [0.2, 0.25) is 0 Å². The Hall–Kier alpha value is -4.19. The minimum atomic E-state index is -0.792. The first kappa shape index (κ1) is 76.8. The summed E-state index contributed by atoms with van der Waals surface area (Å²) in [6.45, 7) is 6.41. The lowest BCUT2D eigenvalue weighted by Crippen LogP contribution is -2.30. The summed E-state index contributed by atoms with van der Waals surface area (Å²) in [5, 5.41) is 0. The summed E-state index contributed by atoms with van der Waals surface area (Å²) in [7, 11) is 0. The first-order valence-electron chi connectivity index (χ1n) is 34.0. The summed E-state index contributed by atoms with van der Waals surface area (Å²) in [5.74, 6) is -0.901. The Morgan fingerprint density at radius 1 is 0.259 bits per heavy atom. The van der Waals surface area contributed by atoms with Crippen molar-refractivity contribution in [3.63, 3.8) is 0 Å². The van der Waals surface area contributed by atoms with Crippen LogP contribution in [0.2, 0.25) is 0 Å². The Morgan fingerprint density at radius 2 is 0.481 bits per heavy atom. The zero-order valence-corrected chi connectivity index (χ0v) is 53.0. The fourth-order valence-electron chi connectivity index (χ4n) is 9.40. The third-order valence-electron chi connectivity index (χ3n) is 14.4. The molecule has 0 aromatic carbocycles. The molecule has 0 aromatic rings. The standard InChI is InChI=1S/C75H126O6/c1-4-7-10-13-16-19-22-25-28-30-31-32-33-34-35-36-37-38-39-40-41-42-43-45-47-50-53-56-59-62-65-68-74(77)80-71-72(70-79-73(76)67-64-61-58-55-52-49-46-27-24-21-18-15-12-9-6-3)81-75(78)69-66-63-60-57-54-51-48-44-29-26-23-20-17-14-11-8-5-2/h7,9-10,12,16,18-19,21,25-29,31-32,34-35,37-38,46,72H,4-6,8,11,13-15,17,20,22-24,30,33,36,39-45,47-71H2,1-3H3/b10-7-,12-9-,19-16-,21-18-,28-25-,29-26-,32-31-,35-34-,38-37-,46-27-. The fraction of sp³-hybridized carbons (Fsp3) is 0.693. The minimum absolute atomic E-state index is 0.0867. The molecule has 81 heavy (non-hydrogen) atoms. The van der Waals surface area contributed by atoms with Crippen LogP contribution in [-0.4, -0.2) is 37.2 Å². The van der Waals surface area contributed by atoms with Crippen molar-refractivity contribution in [3.05, 3.63) is 122 Å². The maximum atomic E-state index is 12.9. The number of hydrogen-bond acceptors (Lipinski definition) is 6. The van der Waals surface area contributed by atoms with E-state index in [1.165, 1.54) is 141 Å². The molecule has 6 heteroatoms. The highest BCUT2D eigenvalue weighted by atomic mass is 16.6. The Labute approximate surface area is 501 Å². The molecule has 0 N–H and O–H groups in total. The summed E-state index contributed by atoms with van der Waals surface area (Å²) in [4.78, 5) is 38.4. The summed E-state index contributed by atoms with van der Waals surface area (Å²) in [6, 6.07) is 0. The molecule has 0 fully saturated rings. The van der Waals surface area contributed by atoms with Crippen LogP contribution < -0.4 is 0 Å². The van der Waals surface area contributed by atoms with E-state index >= 15 is 0 Å². The van der Waals surface area contributed by atoms with Gasteiger partial charge in [-0.3, -0.25) is 14.4 Å². The van der Waals surface area contributed by atoms with E-state index in [4.69, 9.17) is 14.2 Å². The van der Waals surface area contributed by atoms with E-state index in [1.54, 1.807) is 0 Å². The van der Waals surface area contributed by atoms with Crippen LogP contribution in [0.25, 0.3) is 0 Å². The van der Waals surface area contributed by atoms with E-state index < -0.39 is 6.10 Å². The van der Waals surface area contributed by atoms with E-state index in [0.29, 0.717) is 19.3 Å². The van der Waals surface area contributed by atoms with Gasteiger partial charge in [-0.05, 0) is 128 Å². The second kappa shape index (κ2) is 68.3. The second-order valence-electron chi connectivity index (χ2n) is 22.3. The largest absolute Gasteiger partial charge is 0.462 e. The second-order valence-corrected chi connectivity index (χ2v) is 22.3. The molecule has 1 unspecified atom stereocenters. The van der Waals surface area contributed by atoms with Crippen molar-refractivity contribution in [1.29, 1.82) is 0 Å². The molecule has 0 spiro atoms. The average molecular weight is 1120 g/mol. The molecule has 0 radical (unpaired) electrons. The molecule has 0 saturated heterocycles. The summed E-state index contributed by atoms with van der Waals surface area (Å²) in [6.07, 6.45) is 95.0. The highest BCUT2D eigenvalue weighted by Gasteiger charge is 2.19. The third-order valence-corrected chi connectivity index (χ3v) is 14.4. The molecule has 0 bridgehead atoms. The Bertz CT molecular complexity index is 1670. The highest BCUT2D eigenvalue weighted by molar-refractivity contribution is 5.71. The smallest absolute Gasteiger partial charge is 0.306 e. The number of carbonyl (C=O) groups is 3. The van der Waals surface area contributed by atoms with Crippen molar-refractivity contribution >= 4 is 17.9 Å². The molecule has 0 rings (SSSR count). The Kier molecular flexibility index (Phi) is 64.8. The molecular weight excluding hydrogens is 997 g/mol. The molecule has 0 aromatic heterocycles. The Morgan fingerprint density at radius 3 is 0.765 bits per heavy atom. The molecule has 0 saturated carbocycles. The van der Waals surface area contributed by atoms with Gasteiger partial charge in [-0.25, -0.2) is 0 Å². The monoisotopic (exact) mass is 1120 g/mol. The molecule has 0 aliphatic rings. The van der Waals surface area contributed by atoms with Gasteiger partial charge in [-0.15, -0.1) is 0 Å². The van der Waals surface area contributed by atoms with Crippen LogP contribution in [0, 0.1) is 0 Å². The minimum Gasteiger partial charge on any atom is -0.462 e. The van der Waals surface area contributed by atoms with E-state index in [1.807, 2.05) is 0 Å². The SMILES string of the molecule is CC/C=C\C/C=C\C/C=C\C/C=C\C/C=C\C/C=C\CCCCCCCCCCCCCCC(=O)OCC(COC(=O)CCCCCCC/C=C\C/C=C\C/C=C\CC)OC(=O)CCCCCCCCC/C=C\CCCCCCCC. The van der Waals surface area contributed by atoms with Crippen LogP contribution in [0.3, 0.4) is 0 Å². The van der Waals surface area contributed by atoms with Crippen molar-refractivity contribution < 1.29 is 28.6 Å². The third kappa shape index (κ3) is 66.5. The number of rotatable bonds is 61. The molecule has 1 atom stereocenters. The number of allylic oxidation sites excluding steroid dienone is 20. The number of esters is 3. The van der Waals surface area contributed by atoms with Gasteiger partial charge >= 0.3 is 17.9 Å². The normalized spacial score (nSPS) is 12.9. The van der Waals surface area contributed by atoms with Crippen molar-refractivity contribution in [2.75, 3.05) is 13.2 Å². The lowest BCUT2D eigenvalue weighted by atomic mass is 10.0.